The molecule has 1 aliphatic carbocycles. The third-order valence-corrected chi connectivity index (χ3v) is 4.03. The van der Waals surface area contributed by atoms with Crippen molar-refractivity contribution in [3.05, 3.63) is 35.4 Å². The van der Waals surface area contributed by atoms with Crippen LogP contribution in [0.1, 0.15) is 49.7 Å². The average molecular weight is 215 g/mol. The van der Waals surface area contributed by atoms with Gasteiger partial charge in [-0.15, -0.1) is 0 Å². The quantitative estimate of drug-likeness (QED) is 0.747. The van der Waals surface area contributed by atoms with Crippen molar-refractivity contribution in [3.8, 4) is 0 Å². The van der Waals surface area contributed by atoms with E-state index in [2.05, 4.69) is 43.0 Å². The van der Waals surface area contributed by atoms with E-state index in [-0.39, 0.29) is 0 Å². The Kier molecular flexibility index (Phi) is 2.51. The standard InChI is InChI=1S/C15H21N/c1-11(2)14-5-3-4-6-15(14)12-9-16(10-12)13-7-8-13/h3-6,11-13H,7-10H2,1-2H3. The Bertz CT molecular complexity index is 373. The van der Waals surface area contributed by atoms with Crippen molar-refractivity contribution in [2.75, 3.05) is 13.1 Å². The van der Waals surface area contributed by atoms with E-state index in [0.717, 1.165) is 12.0 Å². The smallest absolute Gasteiger partial charge is 0.00969 e. The van der Waals surface area contributed by atoms with Gasteiger partial charge in [0.05, 0.1) is 0 Å². The van der Waals surface area contributed by atoms with Crippen LogP contribution in [-0.2, 0) is 0 Å². The van der Waals surface area contributed by atoms with E-state index in [0.29, 0.717) is 5.92 Å². The zero-order valence-corrected chi connectivity index (χ0v) is 10.3. The normalized spacial score (nSPS) is 22.4. The maximum absolute atomic E-state index is 2.65. The lowest BCUT2D eigenvalue weighted by Crippen LogP contribution is -2.46. The molecule has 1 saturated carbocycles. The lowest BCUT2D eigenvalue weighted by Gasteiger charge is -2.41. The van der Waals surface area contributed by atoms with E-state index in [1.54, 1.807) is 11.1 Å². The Hall–Kier alpha value is -0.820. The highest BCUT2D eigenvalue weighted by Gasteiger charge is 2.38. The zero-order chi connectivity index (χ0) is 11.1. The first-order chi connectivity index (χ1) is 7.75. The van der Waals surface area contributed by atoms with E-state index in [1.165, 1.54) is 25.9 Å². The predicted octanol–water partition coefficient (Wildman–Crippen LogP) is 3.37. The van der Waals surface area contributed by atoms with Gasteiger partial charge in [-0.25, -0.2) is 0 Å². The minimum absolute atomic E-state index is 0.658. The molecule has 1 aromatic carbocycles. The molecule has 86 valence electrons. The lowest BCUT2D eigenvalue weighted by atomic mass is 9.84. The molecule has 16 heavy (non-hydrogen) atoms. The first kappa shape index (κ1) is 10.3. The Morgan fingerprint density at radius 2 is 1.81 bits per heavy atom. The fourth-order valence-electron chi connectivity index (χ4n) is 2.86. The summed E-state index contributed by atoms with van der Waals surface area (Å²) in [5.41, 5.74) is 3.16. The van der Waals surface area contributed by atoms with Crippen molar-refractivity contribution in [3.63, 3.8) is 0 Å². The van der Waals surface area contributed by atoms with Gasteiger partial charge >= 0.3 is 0 Å². The van der Waals surface area contributed by atoms with Crippen molar-refractivity contribution in [1.29, 1.82) is 0 Å². The largest absolute Gasteiger partial charge is 0.299 e. The van der Waals surface area contributed by atoms with Gasteiger partial charge in [0.15, 0.2) is 0 Å². The monoisotopic (exact) mass is 215 g/mol. The number of likely N-dealkylation sites (tertiary alicyclic amines) is 1. The summed E-state index contributed by atoms with van der Waals surface area (Å²) in [5.74, 6) is 1.46. The Morgan fingerprint density at radius 1 is 1.12 bits per heavy atom. The van der Waals surface area contributed by atoms with Crippen LogP contribution in [0.3, 0.4) is 0 Å². The maximum atomic E-state index is 2.65. The molecule has 3 rings (SSSR count). The van der Waals surface area contributed by atoms with Gasteiger partial charge in [0, 0.05) is 25.0 Å². The molecule has 1 aromatic rings. The van der Waals surface area contributed by atoms with Gasteiger partial charge in [-0.05, 0) is 29.9 Å². The number of hydrogen-bond acceptors (Lipinski definition) is 1. The number of nitrogens with zero attached hydrogens (tertiary/aromatic N) is 1. The van der Waals surface area contributed by atoms with Crippen molar-refractivity contribution < 1.29 is 0 Å². The van der Waals surface area contributed by atoms with Gasteiger partial charge in [0.25, 0.3) is 0 Å². The van der Waals surface area contributed by atoms with E-state index in [1.807, 2.05) is 0 Å². The summed E-state index contributed by atoms with van der Waals surface area (Å²) < 4.78 is 0. The summed E-state index contributed by atoms with van der Waals surface area (Å²) >= 11 is 0. The van der Waals surface area contributed by atoms with Crippen LogP contribution in [0.2, 0.25) is 0 Å². The second-order valence-corrected chi connectivity index (χ2v) is 5.67. The molecule has 1 aliphatic heterocycles. The second kappa shape index (κ2) is 3.89. The van der Waals surface area contributed by atoms with E-state index in [9.17, 15) is 0 Å². The topological polar surface area (TPSA) is 3.24 Å². The molecule has 0 radical (unpaired) electrons. The molecule has 1 nitrogen and oxygen atoms in total. The third kappa shape index (κ3) is 1.78. The zero-order valence-electron chi connectivity index (χ0n) is 10.3. The highest BCUT2D eigenvalue weighted by molar-refractivity contribution is 5.34. The second-order valence-electron chi connectivity index (χ2n) is 5.67. The highest BCUT2D eigenvalue weighted by atomic mass is 15.2. The van der Waals surface area contributed by atoms with Crippen molar-refractivity contribution in [2.24, 2.45) is 0 Å². The first-order valence-electron chi connectivity index (χ1n) is 6.58. The molecule has 0 bridgehead atoms. The van der Waals surface area contributed by atoms with Crippen molar-refractivity contribution in [2.45, 2.75) is 44.6 Å². The van der Waals surface area contributed by atoms with Crippen LogP contribution in [0, 0.1) is 0 Å². The maximum Gasteiger partial charge on any atom is 0.00969 e. The molecule has 2 aliphatic rings. The van der Waals surface area contributed by atoms with E-state index < -0.39 is 0 Å². The third-order valence-electron chi connectivity index (χ3n) is 4.03. The van der Waals surface area contributed by atoms with Crippen LogP contribution in [-0.4, -0.2) is 24.0 Å². The van der Waals surface area contributed by atoms with Gasteiger partial charge < -0.3 is 0 Å². The minimum atomic E-state index is 0.658. The highest BCUT2D eigenvalue weighted by Crippen LogP contribution is 2.38. The molecule has 1 heterocycles. The molecular weight excluding hydrogens is 194 g/mol. The average Bonchev–Trinajstić information content (AvgIpc) is 3.00. The Morgan fingerprint density at radius 3 is 2.44 bits per heavy atom. The fraction of sp³-hybridized carbons (Fsp3) is 0.600. The summed E-state index contributed by atoms with van der Waals surface area (Å²) in [4.78, 5) is 2.65. The van der Waals surface area contributed by atoms with Crippen LogP contribution in [0.5, 0.6) is 0 Å². The van der Waals surface area contributed by atoms with Gasteiger partial charge in [-0.1, -0.05) is 38.1 Å². The molecule has 1 heteroatoms. The van der Waals surface area contributed by atoms with Crippen LogP contribution >= 0.6 is 0 Å². The molecule has 0 atom stereocenters. The molecule has 0 aromatic heterocycles. The molecular formula is C15H21N. The molecule has 2 fully saturated rings. The Balaban J connectivity index is 1.74. The van der Waals surface area contributed by atoms with Gasteiger partial charge in [0.2, 0.25) is 0 Å². The van der Waals surface area contributed by atoms with E-state index in [4.69, 9.17) is 0 Å². The predicted molar refractivity (Wildman–Crippen MR) is 67.9 cm³/mol. The summed E-state index contributed by atoms with van der Waals surface area (Å²) in [7, 11) is 0. The van der Waals surface area contributed by atoms with E-state index >= 15 is 0 Å². The van der Waals surface area contributed by atoms with Crippen LogP contribution in [0.15, 0.2) is 24.3 Å². The molecule has 0 unspecified atom stereocenters. The lowest BCUT2D eigenvalue weighted by molar-refractivity contribution is 0.138. The summed E-state index contributed by atoms with van der Waals surface area (Å²) in [5, 5.41) is 0. The van der Waals surface area contributed by atoms with Crippen LogP contribution in [0.25, 0.3) is 0 Å². The van der Waals surface area contributed by atoms with Gasteiger partial charge in [-0.2, -0.15) is 0 Å². The SMILES string of the molecule is CC(C)c1ccccc1C1CN(C2CC2)C1. The molecule has 0 amide bonds. The van der Waals surface area contributed by atoms with Gasteiger partial charge in [-0.3, -0.25) is 4.90 Å². The van der Waals surface area contributed by atoms with Gasteiger partial charge in [0.1, 0.15) is 0 Å². The van der Waals surface area contributed by atoms with Crippen LogP contribution < -0.4 is 0 Å². The number of benzene rings is 1. The molecule has 0 N–H and O–H groups in total. The number of rotatable bonds is 3. The first-order valence-corrected chi connectivity index (χ1v) is 6.58. The molecule has 0 spiro atoms. The summed E-state index contributed by atoms with van der Waals surface area (Å²) in [6.07, 6.45) is 2.89. The van der Waals surface area contributed by atoms with Crippen LogP contribution in [0.4, 0.5) is 0 Å². The minimum Gasteiger partial charge on any atom is -0.299 e. The van der Waals surface area contributed by atoms with Crippen molar-refractivity contribution in [1.82, 2.24) is 4.90 Å². The summed E-state index contributed by atoms with van der Waals surface area (Å²) in [6, 6.07) is 9.96. The molecule has 1 saturated heterocycles. The fourth-order valence-corrected chi connectivity index (χ4v) is 2.86. The summed E-state index contributed by atoms with van der Waals surface area (Å²) in [6.45, 7) is 7.20. The van der Waals surface area contributed by atoms with Crippen molar-refractivity contribution >= 4 is 0 Å². The Labute approximate surface area is 98.5 Å². The number of hydrogen-bond donors (Lipinski definition) is 0.